The summed E-state index contributed by atoms with van der Waals surface area (Å²) in [6.07, 6.45) is 40.4. The maximum atomic E-state index is 12.9. The molecule has 1 aliphatic carbocycles. The minimum absolute atomic E-state index is 0.0852. The molecule has 65 heavy (non-hydrogen) atoms. The number of carbonyl (C=O) groups excluding carboxylic acids is 1. The Labute approximate surface area is 395 Å². The second-order valence-corrected chi connectivity index (χ2v) is 19.4. The summed E-state index contributed by atoms with van der Waals surface area (Å²) in [6.45, 7) is 4.15. The van der Waals surface area contributed by atoms with E-state index in [1.165, 1.54) is 116 Å². The monoisotopic (exact) mass is 943 g/mol. The van der Waals surface area contributed by atoms with E-state index in [-0.39, 0.29) is 13.0 Å². The molecule has 1 rings (SSSR count). The van der Waals surface area contributed by atoms with Crippen LogP contribution >= 0.6 is 7.82 Å². The molecule has 13 heteroatoms. The third-order valence-electron chi connectivity index (χ3n) is 12.0. The van der Waals surface area contributed by atoms with E-state index in [0.717, 1.165) is 70.6 Å². The van der Waals surface area contributed by atoms with Gasteiger partial charge in [-0.25, -0.2) is 4.57 Å². The first-order valence-electron chi connectivity index (χ1n) is 26.0. The van der Waals surface area contributed by atoms with E-state index >= 15 is 0 Å². The van der Waals surface area contributed by atoms with Crippen molar-refractivity contribution < 1.29 is 58.3 Å². The lowest BCUT2D eigenvalue weighted by atomic mass is 9.85. The second-order valence-electron chi connectivity index (χ2n) is 18.0. The quantitative estimate of drug-likeness (QED) is 0.0147. The fourth-order valence-electron chi connectivity index (χ4n) is 7.88. The average molecular weight is 943 g/mol. The van der Waals surface area contributed by atoms with Crippen LogP contribution in [-0.4, -0.2) is 98.9 Å². The van der Waals surface area contributed by atoms with Crippen LogP contribution in [0.2, 0.25) is 0 Å². The maximum Gasteiger partial charge on any atom is 0.472 e. The number of aliphatic hydroxyl groups excluding tert-OH is 5. The highest BCUT2D eigenvalue weighted by Gasteiger charge is 2.51. The van der Waals surface area contributed by atoms with Crippen LogP contribution in [0.1, 0.15) is 213 Å². The molecule has 0 aliphatic heterocycles. The van der Waals surface area contributed by atoms with Gasteiger partial charge in [-0.1, -0.05) is 204 Å². The fourth-order valence-corrected chi connectivity index (χ4v) is 8.85. The van der Waals surface area contributed by atoms with E-state index in [4.69, 9.17) is 18.5 Å². The number of unbranched alkanes of at least 4 members (excludes halogenated alkanes) is 24. The molecule has 0 radical (unpaired) electrons. The first-order chi connectivity index (χ1) is 31.5. The molecule has 0 heterocycles. The zero-order valence-electron chi connectivity index (χ0n) is 40.8. The number of esters is 1. The molecule has 0 aromatic carbocycles. The number of hydrogen-bond acceptors (Lipinski definition) is 11. The van der Waals surface area contributed by atoms with Gasteiger partial charge in [-0.3, -0.25) is 13.8 Å². The van der Waals surface area contributed by atoms with Gasteiger partial charge in [-0.15, -0.1) is 0 Å². The van der Waals surface area contributed by atoms with Gasteiger partial charge >= 0.3 is 13.8 Å². The molecule has 0 saturated heterocycles. The molecule has 380 valence electrons. The van der Waals surface area contributed by atoms with Crippen LogP contribution < -0.4 is 0 Å². The summed E-state index contributed by atoms with van der Waals surface area (Å²) < 4.78 is 34.3. The van der Waals surface area contributed by atoms with E-state index in [2.05, 4.69) is 62.5 Å². The van der Waals surface area contributed by atoms with E-state index in [1.807, 2.05) is 0 Å². The first-order valence-corrected chi connectivity index (χ1v) is 27.5. The van der Waals surface area contributed by atoms with Crippen molar-refractivity contribution in [1.82, 2.24) is 0 Å². The summed E-state index contributed by atoms with van der Waals surface area (Å²) in [7, 11) is -5.03. The predicted octanol–water partition coefficient (Wildman–Crippen LogP) is 11.6. The topological polar surface area (TPSA) is 192 Å². The van der Waals surface area contributed by atoms with Crippen molar-refractivity contribution in [2.45, 2.75) is 256 Å². The molecule has 0 aromatic rings. The van der Waals surface area contributed by atoms with Crippen molar-refractivity contribution in [2.75, 3.05) is 19.8 Å². The Morgan fingerprint density at radius 3 is 1.38 bits per heavy atom. The third kappa shape index (κ3) is 34.3. The summed E-state index contributed by atoms with van der Waals surface area (Å²) in [5, 5.41) is 50.3. The molecular weight excluding hydrogens is 848 g/mol. The molecule has 1 aliphatic rings. The van der Waals surface area contributed by atoms with Crippen LogP contribution in [0.15, 0.2) is 48.6 Å². The van der Waals surface area contributed by atoms with E-state index in [9.17, 15) is 39.8 Å². The highest BCUT2D eigenvalue weighted by atomic mass is 31.2. The summed E-state index contributed by atoms with van der Waals surface area (Å²) in [5.41, 5.74) is 0. The molecule has 0 spiro atoms. The van der Waals surface area contributed by atoms with Crippen molar-refractivity contribution in [2.24, 2.45) is 0 Å². The molecule has 6 unspecified atom stereocenters. The second kappa shape index (κ2) is 42.4. The number of hydrogen-bond donors (Lipinski definition) is 6. The molecule has 6 N–H and O–H groups in total. The molecule has 6 atom stereocenters. The Bertz CT molecular complexity index is 1260. The SMILES string of the molecule is CC/C=C\C/C=C\C/C=C\C/C=C\CCCCCCC(=O)OC(COCCCCCCCCCCCCCCCCCCCCCCC)COP(=O)(O)OC1C(O)C(O)C(O)C(O)C1O. The summed E-state index contributed by atoms with van der Waals surface area (Å²) in [4.78, 5) is 23.2. The van der Waals surface area contributed by atoms with Crippen molar-refractivity contribution in [3.8, 4) is 0 Å². The van der Waals surface area contributed by atoms with Crippen molar-refractivity contribution >= 4 is 13.8 Å². The van der Waals surface area contributed by atoms with Crippen LogP contribution in [0.25, 0.3) is 0 Å². The number of ether oxygens (including phenoxy) is 2. The lowest BCUT2D eigenvalue weighted by Crippen LogP contribution is -2.64. The van der Waals surface area contributed by atoms with E-state index < -0.39 is 63.1 Å². The van der Waals surface area contributed by atoms with Crippen LogP contribution in [0, 0.1) is 0 Å². The number of aliphatic hydroxyl groups is 5. The minimum atomic E-state index is -5.03. The smallest absolute Gasteiger partial charge is 0.457 e. The Morgan fingerprint density at radius 1 is 0.508 bits per heavy atom. The number of carbonyl (C=O) groups is 1. The molecule has 1 fully saturated rings. The molecule has 1 saturated carbocycles. The maximum absolute atomic E-state index is 12.9. The number of phosphoric ester groups is 1. The molecule has 0 bridgehead atoms. The van der Waals surface area contributed by atoms with Crippen LogP contribution in [-0.2, 0) is 27.9 Å². The summed E-state index contributed by atoms with van der Waals surface area (Å²) >= 11 is 0. The summed E-state index contributed by atoms with van der Waals surface area (Å²) in [5.74, 6) is -0.498. The largest absolute Gasteiger partial charge is 0.472 e. The highest BCUT2D eigenvalue weighted by Crippen LogP contribution is 2.47. The average Bonchev–Trinajstić information content (AvgIpc) is 3.29. The van der Waals surface area contributed by atoms with Crippen LogP contribution in [0.4, 0.5) is 0 Å². The van der Waals surface area contributed by atoms with Crippen molar-refractivity contribution in [1.29, 1.82) is 0 Å². The van der Waals surface area contributed by atoms with E-state index in [1.54, 1.807) is 0 Å². The lowest BCUT2D eigenvalue weighted by molar-refractivity contribution is -0.220. The fraction of sp³-hybridized carbons (Fsp3) is 0.827. The highest BCUT2D eigenvalue weighted by molar-refractivity contribution is 7.47. The Morgan fingerprint density at radius 2 is 0.908 bits per heavy atom. The lowest BCUT2D eigenvalue weighted by Gasteiger charge is -2.41. The van der Waals surface area contributed by atoms with Gasteiger partial charge in [0.1, 0.15) is 42.7 Å². The van der Waals surface area contributed by atoms with Gasteiger partial charge in [0.15, 0.2) is 0 Å². The zero-order valence-corrected chi connectivity index (χ0v) is 41.7. The van der Waals surface area contributed by atoms with Gasteiger partial charge in [-0.05, 0) is 51.4 Å². The Balaban J connectivity index is 2.34. The van der Waals surface area contributed by atoms with Crippen LogP contribution in [0.5, 0.6) is 0 Å². The standard InChI is InChI=1S/C52H95O12P/c1-3-5-7-9-11-13-15-17-19-21-22-23-24-26-28-30-32-34-36-38-40-42-61-43-45(44-62-65(59,60)64-52-50(57)48(55)47(54)49(56)51(52)58)63-46(53)41-39-37-35-33-31-29-27-25-20-18-16-14-12-10-8-6-4-2/h6,8,12,14,18,20,27,29,45,47-52,54-58H,3-5,7,9-11,13,15-17,19,21-26,28,30-44H2,1-2H3,(H,59,60)/b8-6-,14-12-,20-18-,29-27-. The van der Waals surface area contributed by atoms with E-state index in [0.29, 0.717) is 13.0 Å². The van der Waals surface area contributed by atoms with Gasteiger partial charge in [0.25, 0.3) is 0 Å². The normalized spacial score (nSPS) is 21.9. The van der Waals surface area contributed by atoms with Gasteiger partial charge in [0, 0.05) is 13.0 Å². The van der Waals surface area contributed by atoms with Crippen molar-refractivity contribution in [3.63, 3.8) is 0 Å². The number of phosphoric acid groups is 1. The van der Waals surface area contributed by atoms with Gasteiger partial charge in [0.2, 0.25) is 0 Å². The third-order valence-corrected chi connectivity index (χ3v) is 13.0. The number of rotatable bonds is 44. The summed E-state index contributed by atoms with van der Waals surface area (Å²) in [6, 6.07) is 0. The molecule has 12 nitrogen and oxygen atoms in total. The number of allylic oxidation sites excluding steroid dienone is 8. The van der Waals surface area contributed by atoms with Crippen LogP contribution in [0.3, 0.4) is 0 Å². The Hall–Kier alpha value is -1.70. The van der Waals surface area contributed by atoms with Gasteiger partial charge in [0.05, 0.1) is 13.2 Å². The van der Waals surface area contributed by atoms with Gasteiger partial charge in [-0.2, -0.15) is 0 Å². The zero-order chi connectivity index (χ0) is 47.6. The van der Waals surface area contributed by atoms with Crippen molar-refractivity contribution in [3.05, 3.63) is 48.6 Å². The minimum Gasteiger partial charge on any atom is -0.457 e. The first kappa shape index (κ1) is 61.3. The Kier molecular flexibility index (Phi) is 40.0. The molecule has 0 aromatic heterocycles. The van der Waals surface area contributed by atoms with Gasteiger partial charge < -0.3 is 39.9 Å². The molecular formula is C52H95O12P. The molecule has 0 amide bonds. The predicted molar refractivity (Wildman–Crippen MR) is 262 cm³/mol.